The Labute approximate surface area is 115 Å². The molecule has 0 saturated carbocycles. The van der Waals surface area contributed by atoms with Crippen LogP contribution in [0.25, 0.3) is 0 Å². The molecule has 1 unspecified atom stereocenters. The van der Waals surface area contributed by atoms with Crippen LogP contribution in [0.4, 0.5) is 0 Å². The molecule has 1 N–H and O–H groups in total. The molecule has 0 spiro atoms. The van der Waals surface area contributed by atoms with Gasteiger partial charge in [0.25, 0.3) is 0 Å². The second-order valence-corrected chi connectivity index (χ2v) is 5.15. The summed E-state index contributed by atoms with van der Waals surface area (Å²) in [7, 11) is 2.07. The molecule has 0 bridgehead atoms. The van der Waals surface area contributed by atoms with E-state index < -0.39 is 5.97 Å². The molecule has 0 heterocycles. The largest absolute Gasteiger partial charge is 0.492 e. The fraction of sp³-hybridized carbons (Fsp3) is 0.533. The topological polar surface area (TPSA) is 49.8 Å². The first-order valence-corrected chi connectivity index (χ1v) is 6.58. The van der Waals surface area contributed by atoms with Gasteiger partial charge in [-0.25, -0.2) is 4.79 Å². The quantitative estimate of drug-likeness (QED) is 0.823. The molecule has 1 aromatic carbocycles. The Morgan fingerprint density at radius 2 is 2.05 bits per heavy atom. The van der Waals surface area contributed by atoms with Crippen LogP contribution < -0.4 is 4.74 Å². The van der Waals surface area contributed by atoms with Crippen LogP contribution in [0, 0.1) is 5.92 Å². The van der Waals surface area contributed by atoms with Crippen molar-refractivity contribution in [3.63, 3.8) is 0 Å². The van der Waals surface area contributed by atoms with E-state index in [1.54, 1.807) is 24.3 Å². The number of likely N-dealkylation sites (N-methyl/N-ethyl adjacent to an activating group) is 1. The van der Waals surface area contributed by atoms with Gasteiger partial charge in [-0.2, -0.15) is 0 Å². The number of carboxylic acid groups (broad SMARTS) is 1. The van der Waals surface area contributed by atoms with Crippen molar-refractivity contribution in [2.75, 3.05) is 20.2 Å². The summed E-state index contributed by atoms with van der Waals surface area (Å²) in [5.74, 6) is 0.266. The lowest BCUT2D eigenvalue weighted by Gasteiger charge is -2.27. The van der Waals surface area contributed by atoms with E-state index in [-0.39, 0.29) is 5.56 Å². The molecule has 0 saturated heterocycles. The van der Waals surface area contributed by atoms with Crippen molar-refractivity contribution in [2.45, 2.75) is 26.8 Å². The van der Waals surface area contributed by atoms with Crippen molar-refractivity contribution in [3.05, 3.63) is 29.8 Å². The first kappa shape index (κ1) is 15.5. The van der Waals surface area contributed by atoms with Gasteiger partial charge >= 0.3 is 5.97 Å². The molecular formula is C15H23NO3. The fourth-order valence-electron chi connectivity index (χ4n) is 1.74. The first-order chi connectivity index (χ1) is 8.91. The Bertz CT molecular complexity index is 418. The monoisotopic (exact) mass is 265 g/mol. The number of carboxylic acids is 1. The van der Waals surface area contributed by atoms with Gasteiger partial charge < -0.3 is 14.7 Å². The van der Waals surface area contributed by atoms with Gasteiger partial charge in [-0.3, -0.25) is 0 Å². The second kappa shape index (κ2) is 7.14. The van der Waals surface area contributed by atoms with Crippen LogP contribution in [0.2, 0.25) is 0 Å². The summed E-state index contributed by atoms with van der Waals surface area (Å²) in [6.07, 6.45) is 0. The molecule has 4 nitrogen and oxygen atoms in total. The van der Waals surface area contributed by atoms with Crippen LogP contribution in [0.1, 0.15) is 31.1 Å². The minimum atomic E-state index is -0.934. The summed E-state index contributed by atoms with van der Waals surface area (Å²) >= 11 is 0. The third kappa shape index (κ3) is 4.91. The number of nitrogens with zero attached hydrogens (tertiary/aromatic N) is 1. The average molecular weight is 265 g/mol. The molecule has 0 aromatic heterocycles. The Balaban J connectivity index is 2.45. The van der Waals surface area contributed by atoms with Crippen LogP contribution in [0.5, 0.6) is 5.75 Å². The summed E-state index contributed by atoms with van der Waals surface area (Å²) in [6, 6.07) is 7.07. The normalized spacial score (nSPS) is 12.7. The number of carbonyl (C=O) groups is 1. The van der Waals surface area contributed by atoms with Crippen molar-refractivity contribution in [1.29, 1.82) is 0 Å². The molecule has 106 valence electrons. The number of aromatic carboxylic acids is 1. The van der Waals surface area contributed by atoms with E-state index in [1.807, 2.05) is 0 Å². The van der Waals surface area contributed by atoms with Crippen LogP contribution in [-0.4, -0.2) is 42.2 Å². The van der Waals surface area contributed by atoms with Gasteiger partial charge in [0.05, 0.1) is 5.56 Å². The van der Waals surface area contributed by atoms with Crippen molar-refractivity contribution < 1.29 is 14.6 Å². The molecule has 1 atom stereocenters. The summed E-state index contributed by atoms with van der Waals surface area (Å²) in [6.45, 7) is 7.94. The van der Waals surface area contributed by atoms with E-state index in [2.05, 4.69) is 32.7 Å². The molecule has 0 aliphatic heterocycles. The first-order valence-electron chi connectivity index (χ1n) is 6.58. The number of hydrogen-bond acceptors (Lipinski definition) is 3. The number of hydrogen-bond donors (Lipinski definition) is 1. The average Bonchev–Trinajstić information content (AvgIpc) is 2.37. The predicted octanol–water partition coefficient (Wildman–Crippen LogP) is 2.74. The third-order valence-electron chi connectivity index (χ3n) is 3.45. The Kier molecular flexibility index (Phi) is 5.83. The van der Waals surface area contributed by atoms with E-state index in [4.69, 9.17) is 9.84 Å². The molecule has 0 aliphatic carbocycles. The lowest BCUT2D eigenvalue weighted by Crippen LogP contribution is -2.36. The molecule has 1 rings (SSSR count). The van der Waals surface area contributed by atoms with Crippen LogP contribution >= 0.6 is 0 Å². The Morgan fingerprint density at radius 3 is 2.63 bits per heavy atom. The maximum Gasteiger partial charge on any atom is 0.335 e. The highest BCUT2D eigenvalue weighted by Gasteiger charge is 2.12. The Morgan fingerprint density at radius 1 is 1.37 bits per heavy atom. The van der Waals surface area contributed by atoms with Gasteiger partial charge in [0.1, 0.15) is 12.4 Å². The van der Waals surface area contributed by atoms with E-state index in [0.29, 0.717) is 24.3 Å². The zero-order valence-electron chi connectivity index (χ0n) is 12.1. The van der Waals surface area contributed by atoms with Crippen molar-refractivity contribution >= 4 is 5.97 Å². The zero-order chi connectivity index (χ0) is 14.4. The molecule has 0 fully saturated rings. The molecule has 1 aromatic rings. The zero-order valence-corrected chi connectivity index (χ0v) is 12.1. The highest BCUT2D eigenvalue weighted by atomic mass is 16.5. The maximum atomic E-state index is 10.8. The smallest absolute Gasteiger partial charge is 0.335 e. The van der Waals surface area contributed by atoms with Gasteiger partial charge in [-0.15, -0.1) is 0 Å². The summed E-state index contributed by atoms with van der Waals surface area (Å²) in [4.78, 5) is 13.1. The standard InChI is InChI=1S/C15H23NO3/c1-11(2)12(3)16(4)8-9-19-14-7-5-6-13(10-14)15(17)18/h5-7,10-12H,8-9H2,1-4H3,(H,17,18). The summed E-state index contributed by atoms with van der Waals surface area (Å²) in [5, 5.41) is 8.89. The van der Waals surface area contributed by atoms with Crippen LogP contribution in [0.3, 0.4) is 0 Å². The molecule has 0 radical (unpaired) electrons. The second-order valence-electron chi connectivity index (χ2n) is 5.15. The van der Waals surface area contributed by atoms with Gasteiger partial charge in [-0.05, 0) is 38.1 Å². The molecule has 19 heavy (non-hydrogen) atoms. The van der Waals surface area contributed by atoms with Gasteiger partial charge in [0.2, 0.25) is 0 Å². The Hall–Kier alpha value is -1.55. The highest BCUT2D eigenvalue weighted by Crippen LogP contribution is 2.14. The SMILES string of the molecule is CC(C)C(C)N(C)CCOc1cccc(C(=O)O)c1. The minimum absolute atomic E-state index is 0.251. The predicted molar refractivity (Wildman–Crippen MR) is 75.8 cm³/mol. The molecular weight excluding hydrogens is 242 g/mol. The summed E-state index contributed by atoms with van der Waals surface area (Å²) in [5.41, 5.74) is 0.251. The molecule has 0 aliphatic rings. The minimum Gasteiger partial charge on any atom is -0.492 e. The lowest BCUT2D eigenvalue weighted by molar-refractivity contribution is 0.0696. The lowest BCUT2D eigenvalue weighted by atomic mass is 10.1. The van der Waals surface area contributed by atoms with Crippen LogP contribution in [0.15, 0.2) is 24.3 Å². The number of rotatable bonds is 7. The van der Waals surface area contributed by atoms with Crippen LogP contribution in [-0.2, 0) is 0 Å². The van der Waals surface area contributed by atoms with E-state index >= 15 is 0 Å². The summed E-state index contributed by atoms with van der Waals surface area (Å²) < 4.78 is 5.59. The van der Waals surface area contributed by atoms with Gasteiger partial charge in [-0.1, -0.05) is 19.9 Å². The van der Waals surface area contributed by atoms with Crippen molar-refractivity contribution in [1.82, 2.24) is 4.90 Å². The molecule has 4 heteroatoms. The maximum absolute atomic E-state index is 10.8. The number of benzene rings is 1. The van der Waals surface area contributed by atoms with E-state index in [9.17, 15) is 4.79 Å². The number of ether oxygens (including phenoxy) is 1. The van der Waals surface area contributed by atoms with E-state index in [0.717, 1.165) is 6.54 Å². The van der Waals surface area contributed by atoms with Crippen molar-refractivity contribution in [2.24, 2.45) is 5.92 Å². The van der Waals surface area contributed by atoms with Gasteiger partial charge in [0.15, 0.2) is 0 Å². The highest BCUT2D eigenvalue weighted by molar-refractivity contribution is 5.87. The van der Waals surface area contributed by atoms with Gasteiger partial charge in [0, 0.05) is 12.6 Å². The van der Waals surface area contributed by atoms with Crippen molar-refractivity contribution in [3.8, 4) is 5.75 Å². The molecule has 0 amide bonds. The third-order valence-corrected chi connectivity index (χ3v) is 3.45. The van der Waals surface area contributed by atoms with E-state index in [1.165, 1.54) is 0 Å². The fourth-order valence-corrected chi connectivity index (χ4v) is 1.74.